The third-order valence-corrected chi connectivity index (χ3v) is 2.07. The Morgan fingerprint density at radius 3 is 2.14 bits per heavy atom. The van der Waals surface area contributed by atoms with Gasteiger partial charge < -0.3 is 9.47 Å². The molecule has 0 aliphatic carbocycles. The lowest BCUT2D eigenvalue weighted by atomic mass is 10.1. The Morgan fingerprint density at radius 1 is 1.14 bits per heavy atom. The van der Waals surface area contributed by atoms with Crippen molar-refractivity contribution >= 4 is 0 Å². The first kappa shape index (κ1) is 13.2. The van der Waals surface area contributed by atoms with Gasteiger partial charge in [-0.25, -0.2) is 0 Å². The fourth-order valence-electron chi connectivity index (χ4n) is 0.903. The summed E-state index contributed by atoms with van der Waals surface area (Å²) < 4.78 is 11.0. The Balaban J connectivity index is 3.83. The van der Waals surface area contributed by atoms with Crippen LogP contribution >= 0.6 is 0 Å². The summed E-state index contributed by atoms with van der Waals surface area (Å²) in [5, 5.41) is 0. The molecule has 0 atom stereocenters. The van der Waals surface area contributed by atoms with Crippen molar-refractivity contribution < 1.29 is 9.47 Å². The Labute approximate surface area is 87.6 Å². The molecule has 0 aromatic rings. The van der Waals surface area contributed by atoms with Gasteiger partial charge in [-0.15, -0.1) is 6.58 Å². The maximum Gasteiger partial charge on any atom is 0.105 e. The van der Waals surface area contributed by atoms with Gasteiger partial charge >= 0.3 is 0 Å². The van der Waals surface area contributed by atoms with Crippen LogP contribution in [0.2, 0.25) is 0 Å². The lowest BCUT2D eigenvalue weighted by molar-refractivity contribution is -0.0261. The summed E-state index contributed by atoms with van der Waals surface area (Å²) in [7, 11) is 0. The van der Waals surface area contributed by atoms with E-state index in [2.05, 4.69) is 13.2 Å². The van der Waals surface area contributed by atoms with Crippen LogP contribution < -0.4 is 0 Å². The molecular formula is C12H22O2. The summed E-state index contributed by atoms with van der Waals surface area (Å²) in [6.07, 6.45) is 4.10. The van der Waals surface area contributed by atoms with Crippen LogP contribution in [0, 0.1) is 0 Å². The minimum atomic E-state index is -0.260. The molecule has 0 radical (unpaired) electrons. The summed E-state index contributed by atoms with van der Waals surface area (Å²) in [6, 6.07) is 0. The van der Waals surface area contributed by atoms with Crippen LogP contribution in [0.15, 0.2) is 25.5 Å². The fourth-order valence-corrected chi connectivity index (χ4v) is 0.903. The average molecular weight is 198 g/mol. The molecular weight excluding hydrogens is 176 g/mol. The Morgan fingerprint density at radius 2 is 1.71 bits per heavy atom. The summed E-state index contributed by atoms with van der Waals surface area (Å²) in [4.78, 5) is 0. The van der Waals surface area contributed by atoms with Gasteiger partial charge in [0.05, 0.1) is 18.5 Å². The van der Waals surface area contributed by atoms with Crippen molar-refractivity contribution in [3.8, 4) is 0 Å². The van der Waals surface area contributed by atoms with E-state index in [4.69, 9.17) is 9.47 Å². The summed E-state index contributed by atoms with van der Waals surface area (Å²) in [6.45, 7) is 15.9. The molecule has 0 amide bonds. The minimum absolute atomic E-state index is 0.209. The first-order valence-corrected chi connectivity index (χ1v) is 4.89. The number of hydrogen-bond acceptors (Lipinski definition) is 2. The monoisotopic (exact) mass is 198 g/mol. The lowest BCUT2D eigenvalue weighted by Gasteiger charge is -2.27. The smallest absolute Gasteiger partial charge is 0.105 e. The number of rotatable bonds is 7. The molecule has 82 valence electrons. The van der Waals surface area contributed by atoms with Gasteiger partial charge in [-0.3, -0.25) is 0 Å². The van der Waals surface area contributed by atoms with Crippen LogP contribution in [-0.4, -0.2) is 17.8 Å². The van der Waals surface area contributed by atoms with Crippen LogP contribution in [0.3, 0.4) is 0 Å². The topological polar surface area (TPSA) is 18.5 Å². The van der Waals surface area contributed by atoms with Gasteiger partial charge in [0.2, 0.25) is 0 Å². The highest BCUT2D eigenvalue weighted by Crippen LogP contribution is 2.17. The summed E-state index contributed by atoms with van der Waals surface area (Å²) >= 11 is 0. The maximum atomic E-state index is 5.63. The molecule has 0 unspecified atom stereocenters. The van der Waals surface area contributed by atoms with Crippen molar-refractivity contribution in [2.75, 3.05) is 6.61 Å². The Kier molecular flexibility index (Phi) is 4.92. The van der Waals surface area contributed by atoms with Gasteiger partial charge in [0, 0.05) is 6.42 Å². The fraction of sp³-hybridized carbons (Fsp3) is 0.667. The lowest BCUT2D eigenvalue weighted by Crippen LogP contribution is -2.28. The van der Waals surface area contributed by atoms with E-state index < -0.39 is 0 Å². The van der Waals surface area contributed by atoms with E-state index in [1.165, 1.54) is 6.26 Å². The maximum absolute atomic E-state index is 5.63. The predicted molar refractivity (Wildman–Crippen MR) is 60.2 cm³/mol. The molecule has 0 N–H and O–H groups in total. The van der Waals surface area contributed by atoms with Crippen molar-refractivity contribution in [2.24, 2.45) is 0 Å². The van der Waals surface area contributed by atoms with Crippen molar-refractivity contribution in [3.05, 3.63) is 25.5 Å². The molecule has 0 saturated carbocycles. The van der Waals surface area contributed by atoms with Crippen LogP contribution in [0.5, 0.6) is 0 Å². The molecule has 0 bridgehead atoms. The number of hydrogen-bond donors (Lipinski definition) is 0. The van der Waals surface area contributed by atoms with Crippen LogP contribution in [0.25, 0.3) is 0 Å². The van der Waals surface area contributed by atoms with Gasteiger partial charge in [0.25, 0.3) is 0 Å². The van der Waals surface area contributed by atoms with E-state index in [0.29, 0.717) is 6.61 Å². The predicted octanol–water partition coefficient (Wildman–Crippen LogP) is 3.30. The van der Waals surface area contributed by atoms with Crippen LogP contribution in [0.1, 0.15) is 34.1 Å². The van der Waals surface area contributed by atoms with E-state index in [0.717, 1.165) is 6.42 Å². The average Bonchev–Trinajstić information content (AvgIpc) is 2.03. The number of ether oxygens (including phenoxy) is 2. The molecule has 0 aromatic heterocycles. The molecule has 0 aliphatic heterocycles. The quantitative estimate of drug-likeness (QED) is 0.461. The first-order chi connectivity index (χ1) is 6.33. The van der Waals surface area contributed by atoms with E-state index in [9.17, 15) is 0 Å². The molecule has 2 nitrogen and oxygen atoms in total. The molecule has 2 heteroatoms. The van der Waals surface area contributed by atoms with Gasteiger partial charge in [-0.2, -0.15) is 0 Å². The third kappa shape index (κ3) is 5.81. The van der Waals surface area contributed by atoms with Crippen molar-refractivity contribution in [1.82, 2.24) is 0 Å². The van der Waals surface area contributed by atoms with E-state index >= 15 is 0 Å². The first-order valence-electron chi connectivity index (χ1n) is 4.89. The second kappa shape index (κ2) is 5.20. The van der Waals surface area contributed by atoms with Crippen LogP contribution in [-0.2, 0) is 9.47 Å². The van der Waals surface area contributed by atoms with Gasteiger partial charge in [-0.05, 0) is 27.7 Å². The zero-order valence-corrected chi connectivity index (χ0v) is 9.80. The standard InChI is InChI=1S/C12H22O2/c1-7-11(3,4)14-10-9-12(5,6)13-8-2/h7-8H,1-2,9-10H2,3-6H3. The molecule has 0 spiro atoms. The van der Waals surface area contributed by atoms with E-state index in [1.54, 1.807) is 6.08 Å². The second-order valence-corrected chi connectivity index (χ2v) is 4.45. The van der Waals surface area contributed by atoms with Crippen LogP contribution in [0.4, 0.5) is 0 Å². The molecule has 0 rings (SSSR count). The Bertz CT molecular complexity index is 192. The second-order valence-electron chi connectivity index (χ2n) is 4.45. The van der Waals surface area contributed by atoms with Crippen molar-refractivity contribution in [1.29, 1.82) is 0 Å². The molecule has 0 saturated heterocycles. The molecule has 0 aliphatic rings. The largest absolute Gasteiger partial charge is 0.496 e. The molecule has 0 fully saturated rings. The third-order valence-electron chi connectivity index (χ3n) is 2.07. The zero-order valence-electron chi connectivity index (χ0n) is 9.80. The van der Waals surface area contributed by atoms with Gasteiger partial charge in [-0.1, -0.05) is 12.7 Å². The van der Waals surface area contributed by atoms with Gasteiger partial charge in [0.15, 0.2) is 0 Å². The zero-order chi connectivity index (χ0) is 11.2. The molecule has 0 aromatic carbocycles. The van der Waals surface area contributed by atoms with E-state index in [1.807, 2.05) is 27.7 Å². The summed E-state index contributed by atoms with van der Waals surface area (Å²) in [5.74, 6) is 0. The van der Waals surface area contributed by atoms with Crippen molar-refractivity contribution in [3.63, 3.8) is 0 Å². The normalized spacial score (nSPS) is 12.3. The van der Waals surface area contributed by atoms with E-state index in [-0.39, 0.29) is 11.2 Å². The van der Waals surface area contributed by atoms with Crippen molar-refractivity contribution in [2.45, 2.75) is 45.3 Å². The highest BCUT2D eigenvalue weighted by Gasteiger charge is 2.20. The van der Waals surface area contributed by atoms with Gasteiger partial charge in [0.1, 0.15) is 5.60 Å². The molecule has 14 heavy (non-hydrogen) atoms. The summed E-state index contributed by atoms with van der Waals surface area (Å²) in [5.41, 5.74) is -0.469. The highest BCUT2D eigenvalue weighted by molar-refractivity contribution is 4.89. The Hall–Kier alpha value is -0.760. The molecule has 0 heterocycles. The minimum Gasteiger partial charge on any atom is -0.496 e. The highest BCUT2D eigenvalue weighted by atomic mass is 16.5. The SMILES string of the molecule is C=COC(C)(C)CCOC(C)(C)C=C.